The van der Waals surface area contributed by atoms with E-state index in [1.54, 1.807) is 24.3 Å². The number of thiol groups is 2. The smallest absolute Gasteiger partial charge is 0.549 e. The average molecular weight is 343 g/mol. The van der Waals surface area contributed by atoms with E-state index in [1.165, 1.54) is 0 Å². The number of hydrogen-bond donors (Lipinski definition) is 2. The zero-order valence-corrected chi connectivity index (χ0v) is 12.5. The summed E-state index contributed by atoms with van der Waals surface area (Å²) in [6.07, 6.45) is 0.521. The quantitative estimate of drug-likeness (QED) is 0.506. The summed E-state index contributed by atoms with van der Waals surface area (Å²) in [6.45, 7) is 0. The summed E-state index contributed by atoms with van der Waals surface area (Å²) in [6, 6.07) is 6.93. The maximum Gasteiger partial charge on any atom is 2.00 e. The van der Waals surface area contributed by atoms with Crippen molar-refractivity contribution in [1.29, 1.82) is 0 Å². The van der Waals surface area contributed by atoms with Gasteiger partial charge < -0.3 is 19.8 Å². The summed E-state index contributed by atoms with van der Waals surface area (Å²) >= 11 is 7.77. The SMILES string of the molecule is O=C([O-])C(S)Cc1ccc(CC(S)C(=O)[O-])cc1.[Ni+2]. The number of aliphatic carboxylic acids is 2. The number of carboxylic acid groups (broad SMARTS) is 2. The second-order valence-corrected chi connectivity index (χ2v) is 5.14. The van der Waals surface area contributed by atoms with Crippen LogP contribution in [-0.2, 0) is 38.9 Å². The molecule has 0 bridgehead atoms. The van der Waals surface area contributed by atoms with Crippen molar-refractivity contribution in [1.82, 2.24) is 0 Å². The van der Waals surface area contributed by atoms with Gasteiger partial charge in [-0.25, -0.2) is 0 Å². The van der Waals surface area contributed by atoms with Crippen LogP contribution in [0.3, 0.4) is 0 Å². The fourth-order valence-electron chi connectivity index (χ4n) is 1.42. The van der Waals surface area contributed by atoms with Crippen LogP contribution in [0.5, 0.6) is 0 Å². The summed E-state index contributed by atoms with van der Waals surface area (Å²) in [7, 11) is 0. The fraction of sp³-hybridized carbons (Fsp3) is 0.333. The molecule has 0 aliphatic heterocycles. The molecule has 7 heteroatoms. The number of carbonyl (C=O) groups excluding carboxylic acids is 2. The van der Waals surface area contributed by atoms with Gasteiger partial charge in [-0.1, -0.05) is 24.3 Å². The molecule has 0 radical (unpaired) electrons. The molecule has 0 N–H and O–H groups in total. The number of rotatable bonds is 6. The molecule has 0 fully saturated rings. The normalized spacial score (nSPS) is 13.2. The van der Waals surface area contributed by atoms with Crippen LogP contribution in [0.25, 0.3) is 0 Å². The van der Waals surface area contributed by atoms with Crippen molar-refractivity contribution >= 4 is 37.2 Å². The molecule has 0 spiro atoms. The van der Waals surface area contributed by atoms with Crippen molar-refractivity contribution in [3.05, 3.63) is 35.4 Å². The Balaban J connectivity index is 0.00000324. The van der Waals surface area contributed by atoms with Gasteiger partial charge in [0.15, 0.2) is 0 Å². The summed E-state index contributed by atoms with van der Waals surface area (Å²) in [5, 5.41) is 19.3. The van der Waals surface area contributed by atoms with E-state index in [4.69, 9.17) is 0 Å². The molecule has 2 atom stereocenters. The van der Waals surface area contributed by atoms with Gasteiger partial charge >= 0.3 is 16.5 Å². The third kappa shape index (κ3) is 6.36. The Hall–Kier alpha value is -0.646. The van der Waals surface area contributed by atoms with E-state index in [9.17, 15) is 19.8 Å². The monoisotopic (exact) mass is 342 g/mol. The largest absolute Gasteiger partial charge is 2.00 e. The zero-order valence-electron chi connectivity index (χ0n) is 9.72. The third-order valence-electron chi connectivity index (χ3n) is 2.43. The van der Waals surface area contributed by atoms with Gasteiger partial charge in [0.25, 0.3) is 0 Å². The first-order chi connectivity index (χ1) is 8.40. The van der Waals surface area contributed by atoms with Gasteiger partial charge in [-0.3, -0.25) is 0 Å². The van der Waals surface area contributed by atoms with Gasteiger partial charge in [0.05, 0.1) is 11.9 Å². The predicted molar refractivity (Wildman–Crippen MR) is 69.4 cm³/mol. The van der Waals surface area contributed by atoms with Crippen LogP contribution in [0.15, 0.2) is 24.3 Å². The Morgan fingerprint density at radius 3 is 1.37 bits per heavy atom. The molecule has 0 aliphatic carbocycles. The van der Waals surface area contributed by atoms with Crippen molar-refractivity contribution in [2.45, 2.75) is 23.3 Å². The standard InChI is InChI=1S/C12H14O4S2.Ni/c13-11(14)9(17)5-7-1-2-8(4-3-7)6-10(18)12(15)16;/h1-4,9-10,17-18H,5-6H2,(H,13,14)(H,15,16);/q;+2/p-2. The van der Waals surface area contributed by atoms with E-state index in [0.29, 0.717) is 0 Å². The van der Waals surface area contributed by atoms with Crippen LogP contribution in [0.1, 0.15) is 11.1 Å². The van der Waals surface area contributed by atoms with Crippen LogP contribution in [-0.4, -0.2) is 22.4 Å². The summed E-state index contributed by atoms with van der Waals surface area (Å²) in [4.78, 5) is 21.0. The topological polar surface area (TPSA) is 80.3 Å². The Bertz CT molecular complexity index is 395. The van der Waals surface area contributed by atoms with Crippen molar-refractivity contribution in [3.63, 3.8) is 0 Å². The first kappa shape index (κ1) is 18.4. The molecule has 0 heterocycles. The van der Waals surface area contributed by atoms with E-state index in [-0.39, 0.29) is 29.3 Å². The van der Waals surface area contributed by atoms with Crippen molar-refractivity contribution in [2.24, 2.45) is 0 Å². The maximum atomic E-state index is 10.5. The minimum absolute atomic E-state index is 0. The van der Waals surface area contributed by atoms with Gasteiger partial charge in [-0.05, 0) is 24.0 Å². The van der Waals surface area contributed by atoms with Gasteiger partial charge in [0.2, 0.25) is 0 Å². The molecule has 0 saturated carbocycles. The Kier molecular flexibility index (Phi) is 8.22. The number of carbonyl (C=O) groups is 2. The molecule has 4 nitrogen and oxygen atoms in total. The Morgan fingerprint density at radius 2 is 1.16 bits per heavy atom. The van der Waals surface area contributed by atoms with E-state index < -0.39 is 22.4 Å². The molecule has 1 aromatic rings. The molecular weight excluding hydrogens is 331 g/mol. The summed E-state index contributed by atoms with van der Waals surface area (Å²) in [5.41, 5.74) is 1.60. The Labute approximate surface area is 132 Å². The van der Waals surface area contributed by atoms with Gasteiger partial charge in [0.1, 0.15) is 0 Å². The zero-order chi connectivity index (χ0) is 13.7. The van der Waals surface area contributed by atoms with Crippen LogP contribution in [0.4, 0.5) is 0 Å². The molecule has 1 aromatic carbocycles. The molecule has 0 aliphatic rings. The van der Waals surface area contributed by atoms with Crippen LogP contribution in [0, 0.1) is 0 Å². The minimum atomic E-state index is -1.21. The number of hydrogen-bond acceptors (Lipinski definition) is 6. The van der Waals surface area contributed by atoms with E-state index >= 15 is 0 Å². The van der Waals surface area contributed by atoms with Crippen molar-refractivity contribution in [3.8, 4) is 0 Å². The van der Waals surface area contributed by atoms with Crippen LogP contribution < -0.4 is 10.2 Å². The summed E-state index contributed by atoms with van der Waals surface area (Å²) < 4.78 is 0. The second-order valence-electron chi connectivity index (χ2n) is 3.89. The molecule has 106 valence electrons. The summed E-state index contributed by atoms with van der Waals surface area (Å²) in [5.74, 6) is -2.43. The van der Waals surface area contributed by atoms with E-state index in [2.05, 4.69) is 25.3 Å². The Morgan fingerprint density at radius 1 is 0.895 bits per heavy atom. The van der Waals surface area contributed by atoms with Gasteiger partial charge in [-0.15, -0.1) is 0 Å². The molecule has 0 amide bonds. The first-order valence-electron chi connectivity index (χ1n) is 5.26. The molecule has 0 saturated heterocycles. The maximum absolute atomic E-state index is 10.5. The first-order valence-corrected chi connectivity index (χ1v) is 6.29. The van der Waals surface area contributed by atoms with Crippen molar-refractivity contribution in [2.75, 3.05) is 0 Å². The minimum Gasteiger partial charge on any atom is -0.549 e. The molecule has 1 rings (SSSR count). The predicted octanol–water partition coefficient (Wildman–Crippen LogP) is -1.13. The van der Waals surface area contributed by atoms with Crippen LogP contribution in [0.2, 0.25) is 0 Å². The van der Waals surface area contributed by atoms with Gasteiger partial charge in [0, 0.05) is 10.5 Å². The van der Waals surface area contributed by atoms with E-state index in [1.807, 2.05) is 0 Å². The van der Waals surface area contributed by atoms with E-state index in [0.717, 1.165) is 11.1 Å². The average Bonchev–Trinajstić information content (AvgIpc) is 2.31. The second kappa shape index (κ2) is 8.51. The number of carboxylic acids is 2. The van der Waals surface area contributed by atoms with Crippen LogP contribution >= 0.6 is 25.3 Å². The number of benzene rings is 1. The molecular formula is C12H12NiO4S2. The fourth-order valence-corrected chi connectivity index (χ4v) is 1.85. The molecule has 19 heavy (non-hydrogen) atoms. The van der Waals surface area contributed by atoms with Crippen molar-refractivity contribution < 1.29 is 36.3 Å². The molecule has 2 unspecified atom stereocenters. The van der Waals surface area contributed by atoms with Gasteiger partial charge in [-0.2, -0.15) is 25.3 Å². The third-order valence-corrected chi connectivity index (χ3v) is 3.21. The molecule has 0 aromatic heterocycles.